The number of carbonyl (C=O) groups is 1. The number of ether oxygens (including phenoxy) is 2. The summed E-state index contributed by atoms with van der Waals surface area (Å²) in [5.74, 6) is 1.35. The topological polar surface area (TPSA) is 59.6 Å². The number of carbonyl (C=O) groups excluding carboxylic acids is 1. The van der Waals surface area contributed by atoms with Gasteiger partial charge in [0.2, 0.25) is 0 Å². The third kappa shape index (κ3) is 5.16. The van der Waals surface area contributed by atoms with Crippen LogP contribution in [0.2, 0.25) is 0 Å². The van der Waals surface area contributed by atoms with Gasteiger partial charge < -0.3 is 20.1 Å². The predicted molar refractivity (Wildman–Crippen MR) is 99.1 cm³/mol. The van der Waals surface area contributed by atoms with Gasteiger partial charge in [-0.2, -0.15) is 0 Å². The molecule has 5 nitrogen and oxygen atoms in total. The van der Waals surface area contributed by atoms with Gasteiger partial charge in [-0.25, -0.2) is 4.79 Å². The molecule has 0 spiro atoms. The van der Waals surface area contributed by atoms with E-state index in [0.717, 1.165) is 21.3 Å². The van der Waals surface area contributed by atoms with Gasteiger partial charge >= 0.3 is 6.03 Å². The average molecular weight is 393 g/mol. The highest BCUT2D eigenvalue weighted by Gasteiger charge is 2.06. The van der Waals surface area contributed by atoms with E-state index in [-0.39, 0.29) is 6.03 Å². The minimum absolute atomic E-state index is 0.264. The smallest absolute Gasteiger partial charge is 0.319 e. The van der Waals surface area contributed by atoms with Gasteiger partial charge in [0.25, 0.3) is 0 Å². The first-order valence-corrected chi connectivity index (χ1v) is 8.37. The van der Waals surface area contributed by atoms with Gasteiger partial charge in [-0.1, -0.05) is 22.0 Å². The van der Waals surface area contributed by atoms with E-state index in [1.54, 1.807) is 7.11 Å². The van der Waals surface area contributed by atoms with Crippen molar-refractivity contribution < 1.29 is 14.3 Å². The van der Waals surface area contributed by atoms with Gasteiger partial charge in [0.1, 0.15) is 6.61 Å². The normalized spacial score (nSPS) is 10.2. The summed E-state index contributed by atoms with van der Waals surface area (Å²) >= 11 is 3.40. The van der Waals surface area contributed by atoms with Crippen LogP contribution >= 0.6 is 15.9 Å². The Balaban J connectivity index is 1.79. The van der Waals surface area contributed by atoms with E-state index in [1.807, 2.05) is 50.2 Å². The van der Waals surface area contributed by atoms with Crippen LogP contribution in [0.15, 0.2) is 40.9 Å². The number of hydrogen-bond donors (Lipinski definition) is 2. The number of benzene rings is 2. The molecule has 2 rings (SSSR count). The lowest BCUT2D eigenvalue weighted by atomic mass is 10.2. The molecule has 0 aliphatic carbocycles. The van der Waals surface area contributed by atoms with Crippen LogP contribution in [0.4, 0.5) is 10.5 Å². The summed E-state index contributed by atoms with van der Waals surface area (Å²) in [4.78, 5) is 11.9. The summed E-state index contributed by atoms with van der Waals surface area (Å²) in [7, 11) is 1.61. The maximum absolute atomic E-state index is 11.9. The van der Waals surface area contributed by atoms with Crippen LogP contribution in [-0.4, -0.2) is 26.3 Å². The molecule has 128 valence electrons. The zero-order chi connectivity index (χ0) is 17.5. The molecule has 0 atom stereocenters. The quantitative estimate of drug-likeness (QED) is 0.721. The molecule has 0 aliphatic heterocycles. The minimum atomic E-state index is -0.264. The number of hydrogen-bond acceptors (Lipinski definition) is 3. The zero-order valence-electron chi connectivity index (χ0n) is 14.0. The number of amides is 2. The first-order chi connectivity index (χ1) is 11.5. The Morgan fingerprint density at radius 2 is 1.92 bits per heavy atom. The standard InChI is InChI=1S/C18H21BrN2O3/c1-12-4-7-16(17(10-12)23-3)24-9-8-20-18(22)21-15-6-5-14(19)11-13(15)2/h4-7,10-11H,8-9H2,1-3H3,(H2,20,21,22). The first-order valence-electron chi connectivity index (χ1n) is 7.58. The highest BCUT2D eigenvalue weighted by Crippen LogP contribution is 2.27. The summed E-state index contributed by atoms with van der Waals surface area (Å²) in [6.07, 6.45) is 0. The Bertz CT molecular complexity index is 719. The SMILES string of the molecule is COc1cc(C)ccc1OCCNC(=O)Nc1ccc(Br)cc1C. The lowest BCUT2D eigenvalue weighted by molar-refractivity contribution is 0.246. The van der Waals surface area contributed by atoms with Crippen LogP contribution in [0, 0.1) is 13.8 Å². The second kappa shape index (κ2) is 8.59. The third-order valence-corrected chi connectivity index (χ3v) is 3.89. The van der Waals surface area contributed by atoms with Gasteiger partial charge in [0.15, 0.2) is 11.5 Å². The Morgan fingerprint density at radius 3 is 2.62 bits per heavy atom. The lowest BCUT2D eigenvalue weighted by Gasteiger charge is -2.13. The molecule has 24 heavy (non-hydrogen) atoms. The minimum Gasteiger partial charge on any atom is -0.493 e. The number of aryl methyl sites for hydroxylation is 2. The second-order valence-corrected chi connectivity index (χ2v) is 6.26. The van der Waals surface area contributed by atoms with E-state index < -0.39 is 0 Å². The highest BCUT2D eigenvalue weighted by atomic mass is 79.9. The van der Waals surface area contributed by atoms with Crippen molar-refractivity contribution >= 4 is 27.6 Å². The van der Waals surface area contributed by atoms with Crippen LogP contribution in [-0.2, 0) is 0 Å². The molecule has 0 unspecified atom stereocenters. The molecule has 2 amide bonds. The Hall–Kier alpha value is -2.21. The van der Waals surface area contributed by atoms with Crippen molar-refractivity contribution in [3.63, 3.8) is 0 Å². The molecule has 0 aliphatic rings. The monoisotopic (exact) mass is 392 g/mol. The van der Waals surface area contributed by atoms with E-state index in [9.17, 15) is 4.79 Å². The van der Waals surface area contributed by atoms with Crippen molar-refractivity contribution in [3.8, 4) is 11.5 Å². The molecule has 6 heteroatoms. The molecular weight excluding hydrogens is 372 g/mol. The fourth-order valence-corrected chi connectivity index (χ4v) is 2.63. The van der Waals surface area contributed by atoms with Crippen molar-refractivity contribution in [2.45, 2.75) is 13.8 Å². The largest absolute Gasteiger partial charge is 0.493 e. The van der Waals surface area contributed by atoms with Crippen LogP contribution in [0.25, 0.3) is 0 Å². The van der Waals surface area contributed by atoms with E-state index in [4.69, 9.17) is 9.47 Å². The van der Waals surface area contributed by atoms with Gasteiger partial charge in [-0.15, -0.1) is 0 Å². The van der Waals surface area contributed by atoms with Gasteiger partial charge in [0, 0.05) is 10.2 Å². The summed E-state index contributed by atoms with van der Waals surface area (Å²) in [6, 6.07) is 11.1. The number of methoxy groups -OCH3 is 1. The number of urea groups is 1. The molecule has 0 fully saturated rings. The summed E-state index contributed by atoms with van der Waals surface area (Å²) in [6.45, 7) is 4.67. The van der Waals surface area contributed by atoms with Crippen molar-refractivity contribution in [1.29, 1.82) is 0 Å². The fraction of sp³-hybridized carbons (Fsp3) is 0.278. The number of nitrogens with one attached hydrogen (secondary N) is 2. The highest BCUT2D eigenvalue weighted by molar-refractivity contribution is 9.10. The Morgan fingerprint density at radius 1 is 1.12 bits per heavy atom. The molecule has 2 N–H and O–H groups in total. The van der Waals surface area contributed by atoms with Crippen LogP contribution < -0.4 is 20.1 Å². The average Bonchev–Trinajstić information content (AvgIpc) is 2.55. The zero-order valence-corrected chi connectivity index (χ0v) is 15.6. The van der Waals surface area contributed by atoms with E-state index in [0.29, 0.717) is 24.7 Å². The van der Waals surface area contributed by atoms with E-state index in [2.05, 4.69) is 26.6 Å². The number of halogens is 1. The van der Waals surface area contributed by atoms with Crippen LogP contribution in [0.1, 0.15) is 11.1 Å². The Kier molecular flexibility index (Phi) is 6.49. The number of anilines is 1. The van der Waals surface area contributed by atoms with E-state index in [1.165, 1.54) is 0 Å². The second-order valence-electron chi connectivity index (χ2n) is 5.34. The molecule has 0 saturated carbocycles. The van der Waals surface area contributed by atoms with Crippen molar-refractivity contribution in [2.24, 2.45) is 0 Å². The molecule has 0 radical (unpaired) electrons. The lowest BCUT2D eigenvalue weighted by Crippen LogP contribution is -2.32. The van der Waals surface area contributed by atoms with Gasteiger partial charge in [-0.3, -0.25) is 0 Å². The molecule has 0 bridgehead atoms. The first kappa shape index (κ1) is 18.1. The predicted octanol–water partition coefficient (Wildman–Crippen LogP) is 4.28. The van der Waals surface area contributed by atoms with Gasteiger partial charge in [0.05, 0.1) is 13.7 Å². The molecule has 2 aromatic carbocycles. The molecule has 0 heterocycles. The molecule has 0 saturated heterocycles. The number of rotatable bonds is 6. The van der Waals surface area contributed by atoms with Crippen molar-refractivity contribution in [2.75, 3.05) is 25.6 Å². The molecule has 2 aromatic rings. The summed E-state index contributed by atoms with van der Waals surface area (Å²) < 4.78 is 11.9. The van der Waals surface area contributed by atoms with Crippen LogP contribution in [0.3, 0.4) is 0 Å². The summed E-state index contributed by atoms with van der Waals surface area (Å²) in [5.41, 5.74) is 2.86. The van der Waals surface area contributed by atoms with E-state index >= 15 is 0 Å². The third-order valence-electron chi connectivity index (χ3n) is 3.40. The van der Waals surface area contributed by atoms with Crippen molar-refractivity contribution in [1.82, 2.24) is 5.32 Å². The molecular formula is C18H21BrN2O3. The fourth-order valence-electron chi connectivity index (χ4n) is 2.15. The van der Waals surface area contributed by atoms with Crippen LogP contribution in [0.5, 0.6) is 11.5 Å². The summed E-state index contributed by atoms with van der Waals surface area (Å²) in [5, 5.41) is 5.58. The maximum atomic E-state index is 11.9. The maximum Gasteiger partial charge on any atom is 0.319 e. The molecule has 0 aromatic heterocycles. The van der Waals surface area contributed by atoms with Crippen molar-refractivity contribution in [3.05, 3.63) is 52.0 Å². The van der Waals surface area contributed by atoms with Gasteiger partial charge in [-0.05, 0) is 55.3 Å². The Labute approximate surface area is 150 Å².